The minimum absolute atomic E-state index is 0. The van der Waals surface area contributed by atoms with Crippen molar-refractivity contribution in [3.05, 3.63) is 0 Å². The fourth-order valence-corrected chi connectivity index (χ4v) is 0.156. The summed E-state index contributed by atoms with van der Waals surface area (Å²) in [7, 11) is 0. The number of rotatable bonds is 2. The van der Waals surface area contributed by atoms with Crippen LogP contribution in [0.5, 0.6) is 0 Å². The molecule has 5 nitrogen and oxygen atoms in total. The molecule has 0 aliphatic heterocycles. The maximum absolute atomic E-state index is 9.77. The average Bonchev–Trinajstić information content (AvgIpc) is 1.65. The molecule has 0 aliphatic carbocycles. The Bertz CT molecular complexity index is 115. The molecule has 9 heavy (non-hydrogen) atoms. The maximum atomic E-state index is 9.77. The van der Waals surface area contributed by atoms with Gasteiger partial charge in [0.15, 0.2) is 0 Å². The Balaban J connectivity index is -0.000000245. The van der Waals surface area contributed by atoms with E-state index in [1.54, 1.807) is 0 Å². The van der Waals surface area contributed by atoms with E-state index in [4.69, 9.17) is 10.4 Å². The van der Waals surface area contributed by atoms with Gasteiger partial charge >= 0.3 is 63.3 Å². The molecule has 0 aromatic heterocycles. The summed E-state index contributed by atoms with van der Waals surface area (Å²) >= 11 is 0. The Labute approximate surface area is 94.8 Å². The number of aliphatic carboxylic acids is 1. The molecule has 48 valence electrons. The summed E-state index contributed by atoms with van der Waals surface area (Å²) < 4.78 is 0. The normalized spacial score (nSPS) is 7.22. The molecule has 0 spiro atoms. The Morgan fingerprint density at radius 1 is 1.56 bits per heavy atom. The van der Waals surface area contributed by atoms with Crippen LogP contribution >= 0.6 is 0 Å². The van der Waals surface area contributed by atoms with Crippen molar-refractivity contribution in [2.24, 2.45) is 0 Å². The van der Waals surface area contributed by atoms with E-state index in [9.17, 15) is 9.59 Å². The number of carboxylic acid groups (broad SMARTS) is 1. The third-order valence-electron chi connectivity index (χ3n) is 0.397. The summed E-state index contributed by atoms with van der Waals surface area (Å²) in [6.45, 7) is 0. The molecule has 6 heteroatoms. The Morgan fingerprint density at radius 2 is 2.00 bits per heavy atom. The predicted molar refractivity (Wildman–Crippen MR) is 22.1 cm³/mol. The first-order valence-corrected chi connectivity index (χ1v) is 1.73. The van der Waals surface area contributed by atoms with Gasteiger partial charge in [-0.2, -0.15) is 5.26 Å². The quantitative estimate of drug-likeness (QED) is 0.190. The molecular formula is C3H5KO5. The van der Waals surface area contributed by atoms with Crippen LogP contribution in [0.25, 0.3) is 0 Å². The van der Waals surface area contributed by atoms with E-state index in [0.717, 1.165) is 0 Å². The minimum atomic E-state index is -1.33. The van der Waals surface area contributed by atoms with E-state index in [-0.39, 0.29) is 52.8 Å². The fraction of sp³-hybridized carbons (Fsp3) is 0.333. The Kier molecular flexibility index (Phi) is 9.05. The molecule has 0 atom stereocenters. The molecule has 0 saturated heterocycles. The predicted octanol–water partition coefficient (Wildman–Crippen LogP) is -3.41. The molecule has 0 unspecified atom stereocenters. The third-order valence-corrected chi connectivity index (χ3v) is 0.397. The van der Waals surface area contributed by atoms with Crippen LogP contribution in [0.3, 0.4) is 0 Å². The van der Waals surface area contributed by atoms with Gasteiger partial charge in [-0.05, 0) is 0 Å². The van der Waals surface area contributed by atoms with Crippen molar-refractivity contribution in [3.8, 4) is 0 Å². The zero-order chi connectivity index (χ0) is 6.57. The topological polar surface area (TPSA) is 83.8 Å². The average molecular weight is 160 g/mol. The van der Waals surface area contributed by atoms with Gasteiger partial charge in [0.05, 0.1) is 0 Å². The number of hydrogen-bond acceptors (Lipinski definition) is 4. The van der Waals surface area contributed by atoms with Crippen LogP contribution in [-0.4, -0.2) is 22.3 Å². The third kappa shape index (κ3) is 8.54. The van der Waals surface area contributed by atoms with Crippen LogP contribution in [0.4, 0.5) is 0 Å². The molecule has 0 aromatic rings. The largest absolute Gasteiger partial charge is 1.00 e. The van der Waals surface area contributed by atoms with Crippen molar-refractivity contribution in [2.45, 2.75) is 6.42 Å². The second kappa shape index (κ2) is 6.65. The zero-order valence-corrected chi connectivity index (χ0v) is 7.95. The van der Waals surface area contributed by atoms with Crippen molar-refractivity contribution < 1.29 is 77.7 Å². The zero-order valence-electron chi connectivity index (χ0n) is 5.83. The van der Waals surface area contributed by atoms with Crippen molar-refractivity contribution in [1.82, 2.24) is 0 Å². The van der Waals surface area contributed by atoms with E-state index >= 15 is 0 Å². The molecule has 0 rings (SSSR count). The van der Waals surface area contributed by atoms with Gasteiger partial charge in [-0.15, -0.1) is 0 Å². The Hall–Kier alpha value is 0.536. The molecule has 0 radical (unpaired) electrons. The van der Waals surface area contributed by atoms with Crippen molar-refractivity contribution >= 4 is 11.9 Å². The molecule has 0 heterocycles. The number of carboxylic acids is 1. The van der Waals surface area contributed by atoms with Gasteiger partial charge in [-0.25, -0.2) is 4.79 Å². The summed E-state index contributed by atoms with van der Waals surface area (Å²) in [5.74, 6) is -2.50. The first-order chi connectivity index (χ1) is 3.66. The van der Waals surface area contributed by atoms with E-state index < -0.39 is 18.4 Å². The van der Waals surface area contributed by atoms with Crippen molar-refractivity contribution in [1.29, 1.82) is 0 Å². The summed E-state index contributed by atoms with van der Waals surface area (Å²) in [6, 6.07) is 0. The van der Waals surface area contributed by atoms with Gasteiger partial charge < -0.3 is 11.4 Å². The molecule has 0 aliphatic rings. The Morgan fingerprint density at radius 3 is 2.11 bits per heavy atom. The van der Waals surface area contributed by atoms with Crippen LogP contribution in [0.2, 0.25) is 0 Å². The van der Waals surface area contributed by atoms with Gasteiger partial charge in [0.25, 0.3) is 0 Å². The van der Waals surface area contributed by atoms with E-state index in [0.29, 0.717) is 0 Å². The molecule has 0 aromatic carbocycles. The second-order valence-corrected chi connectivity index (χ2v) is 1.03. The second-order valence-electron chi connectivity index (χ2n) is 1.03. The molecule has 0 fully saturated rings. The van der Waals surface area contributed by atoms with Gasteiger partial charge in [-0.3, -0.25) is 4.79 Å². The van der Waals surface area contributed by atoms with Gasteiger partial charge in [0.2, 0.25) is 0 Å². The number of carbonyl (C=O) groups is 2. The summed E-state index contributed by atoms with van der Waals surface area (Å²) in [6.07, 6.45) is -0.809. The van der Waals surface area contributed by atoms with Crippen LogP contribution in [0.1, 0.15) is 7.85 Å². The minimum Gasteiger partial charge on any atom is -1.00 e. The first kappa shape index (κ1) is 12.2. The van der Waals surface area contributed by atoms with Crippen LogP contribution < -0.4 is 51.4 Å². The smallest absolute Gasteiger partial charge is 1.00 e. The van der Waals surface area contributed by atoms with E-state index in [1.807, 2.05) is 0 Å². The molecule has 0 saturated carbocycles. The number of carbonyl (C=O) groups excluding carboxylic acids is 1. The summed E-state index contributed by atoms with van der Waals surface area (Å²) in [4.78, 5) is 22.4. The van der Waals surface area contributed by atoms with Gasteiger partial charge in [0, 0.05) is 0 Å². The first-order valence-electron chi connectivity index (χ1n) is 1.73. The SMILES string of the molecule is O=C(O)CC(=O)OO.[H-].[K+]. The van der Waals surface area contributed by atoms with Crippen LogP contribution in [0, 0.1) is 0 Å². The van der Waals surface area contributed by atoms with Crippen LogP contribution in [0.15, 0.2) is 0 Å². The summed E-state index contributed by atoms with van der Waals surface area (Å²) in [5, 5.41) is 15.3. The monoisotopic (exact) mass is 160 g/mol. The fourth-order valence-electron chi connectivity index (χ4n) is 0.156. The molecule has 0 bridgehead atoms. The van der Waals surface area contributed by atoms with Crippen molar-refractivity contribution in [2.75, 3.05) is 0 Å². The van der Waals surface area contributed by atoms with E-state index in [2.05, 4.69) is 4.89 Å². The molecule has 0 amide bonds. The van der Waals surface area contributed by atoms with E-state index in [1.165, 1.54) is 0 Å². The molecular weight excluding hydrogens is 155 g/mol. The molecule has 2 N–H and O–H groups in total. The maximum Gasteiger partial charge on any atom is 1.00 e. The standard InChI is InChI=1S/C3H4O5.K.H/c4-2(5)1-3(6)8-7;;/h7H,1H2,(H,4,5);;/q;+1;-1. The van der Waals surface area contributed by atoms with Gasteiger partial charge in [0.1, 0.15) is 6.42 Å². The van der Waals surface area contributed by atoms with Gasteiger partial charge in [-0.1, -0.05) is 0 Å². The summed E-state index contributed by atoms with van der Waals surface area (Å²) in [5.41, 5.74) is 0. The number of hydrogen-bond donors (Lipinski definition) is 2. The van der Waals surface area contributed by atoms with Crippen molar-refractivity contribution in [3.63, 3.8) is 0 Å². The van der Waals surface area contributed by atoms with Crippen LogP contribution in [-0.2, 0) is 14.5 Å².